The molecule has 0 aliphatic carbocycles. The molecule has 2 rings (SSSR count). The Morgan fingerprint density at radius 2 is 1.95 bits per heavy atom. The Bertz CT molecular complexity index is 561. The molecule has 1 aromatic carbocycles. The van der Waals surface area contributed by atoms with Crippen LogP contribution in [0.15, 0.2) is 35.7 Å². The van der Waals surface area contributed by atoms with Crippen LogP contribution in [0.4, 0.5) is 0 Å². The Morgan fingerprint density at radius 3 is 2.62 bits per heavy atom. The molecule has 0 aliphatic rings. The summed E-state index contributed by atoms with van der Waals surface area (Å²) in [6.07, 6.45) is 2.63. The molecule has 0 aliphatic heterocycles. The minimum Gasteiger partial charge on any atom is -0.350 e. The van der Waals surface area contributed by atoms with E-state index < -0.39 is 0 Å². The molecule has 0 saturated heterocycles. The smallest absolute Gasteiger partial charge is 0.223 e. The molecule has 0 radical (unpaired) electrons. The van der Waals surface area contributed by atoms with Crippen molar-refractivity contribution in [2.24, 2.45) is 5.92 Å². The molecule has 0 spiro atoms. The summed E-state index contributed by atoms with van der Waals surface area (Å²) in [6, 6.07) is 10.3. The quantitative estimate of drug-likeness (QED) is 0.845. The first-order chi connectivity index (χ1) is 10.2. The van der Waals surface area contributed by atoms with E-state index in [1.165, 1.54) is 5.56 Å². The third-order valence-electron chi connectivity index (χ3n) is 3.60. The predicted molar refractivity (Wildman–Crippen MR) is 87.3 cm³/mol. The van der Waals surface area contributed by atoms with Gasteiger partial charge >= 0.3 is 0 Å². The Hall–Kier alpha value is -1.68. The highest BCUT2D eigenvalue weighted by molar-refractivity contribution is 7.09. The second-order valence-corrected chi connectivity index (χ2v) is 6.07. The molecule has 0 unspecified atom stereocenters. The van der Waals surface area contributed by atoms with Crippen LogP contribution < -0.4 is 5.32 Å². The molecule has 0 fully saturated rings. The van der Waals surface area contributed by atoms with Crippen molar-refractivity contribution in [2.45, 2.75) is 39.7 Å². The van der Waals surface area contributed by atoms with Crippen LogP contribution in [-0.4, -0.2) is 10.9 Å². The van der Waals surface area contributed by atoms with Gasteiger partial charge in [0.1, 0.15) is 0 Å². The van der Waals surface area contributed by atoms with Crippen LogP contribution in [0.25, 0.3) is 0 Å². The number of carbonyl (C=O) groups excluding carboxylic acids is 1. The maximum atomic E-state index is 11.9. The second kappa shape index (κ2) is 7.93. The number of aromatic nitrogens is 1. The minimum atomic E-state index is 0.118. The van der Waals surface area contributed by atoms with Gasteiger partial charge in [-0.1, -0.05) is 44.2 Å². The van der Waals surface area contributed by atoms with Gasteiger partial charge in [-0.25, -0.2) is 4.98 Å². The monoisotopic (exact) mass is 302 g/mol. The van der Waals surface area contributed by atoms with Crippen molar-refractivity contribution in [2.75, 3.05) is 0 Å². The highest BCUT2D eigenvalue weighted by Crippen LogP contribution is 2.15. The van der Waals surface area contributed by atoms with E-state index >= 15 is 0 Å². The van der Waals surface area contributed by atoms with Crippen molar-refractivity contribution in [3.8, 4) is 0 Å². The summed E-state index contributed by atoms with van der Waals surface area (Å²) in [5.74, 6) is 0.255. The van der Waals surface area contributed by atoms with E-state index in [2.05, 4.69) is 36.3 Å². The molecule has 0 atom stereocenters. The first-order valence-electron chi connectivity index (χ1n) is 7.47. The lowest BCUT2D eigenvalue weighted by Gasteiger charge is -2.11. The van der Waals surface area contributed by atoms with E-state index in [1.807, 2.05) is 23.6 Å². The van der Waals surface area contributed by atoms with Crippen LogP contribution in [0.1, 0.15) is 43.0 Å². The number of amides is 1. The zero-order valence-corrected chi connectivity index (χ0v) is 13.5. The average Bonchev–Trinajstić information content (AvgIpc) is 2.95. The van der Waals surface area contributed by atoms with Crippen molar-refractivity contribution in [3.63, 3.8) is 0 Å². The summed E-state index contributed by atoms with van der Waals surface area (Å²) in [4.78, 5) is 16.5. The van der Waals surface area contributed by atoms with Crippen molar-refractivity contribution in [1.82, 2.24) is 10.3 Å². The molecule has 1 amide bonds. The molecule has 0 bridgehead atoms. The molecule has 1 heterocycles. The molecule has 1 aromatic heterocycles. The number of thiazole rings is 1. The Balaban J connectivity index is 1.87. The molecule has 21 heavy (non-hydrogen) atoms. The zero-order valence-electron chi connectivity index (χ0n) is 12.6. The molecule has 1 N–H and O–H groups in total. The van der Waals surface area contributed by atoms with E-state index in [1.54, 1.807) is 11.3 Å². The fourth-order valence-electron chi connectivity index (χ4n) is 2.26. The normalized spacial score (nSPS) is 10.8. The highest BCUT2D eigenvalue weighted by atomic mass is 32.1. The molecular weight excluding hydrogens is 280 g/mol. The van der Waals surface area contributed by atoms with Gasteiger partial charge in [0.15, 0.2) is 0 Å². The summed E-state index contributed by atoms with van der Waals surface area (Å²) in [5, 5.41) is 6.11. The van der Waals surface area contributed by atoms with Crippen LogP contribution in [0, 0.1) is 5.92 Å². The van der Waals surface area contributed by atoms with E-state index in [0.29, 0.717) is 6.54 Å². The van der Waals surface area contributed by atoms with Gasteiger partial charge in [-0.05, 0) is 18.4 Å². The lowest BCUT2D eigenvalue weighted by atomic mass is 10.0. The van der Waals surface area contributed by atoms with Gasteiger partial charge in [0.25, 0.3) is 0 Å². The maximum Gasteiger partial charge on any atom is 0.223 e. The maximum absolute atomic E-state index is 11.9. The Labute approximate surface area is 130 Å². The highest BCUT2D eigenvalue weighted by Gasteiger charge is 2.14. The summed E-state index contributed by atoms with van der Waals surface area (Å²) in [6.45, 7) is 4.63. The lowest BCUT2D eigenvalue weighted by Crippen LogP contribution is -2.29. The predicted octanol–water partition coefficient (Wildman–Crippen LogP) is 3.79. The van der Waals surface area contributed by atoms with Gasteiger partial charge in [0.05, 0.1) is 17.2 Å². The SMILES string of the molecule is CCC(CC)C(=O)NCc1csc(Cc2ccccc2)n1. The van der Waals surface area contributed by atoms with E-state index in [-0.39, 0.29) is 11.8 Å². The number of nitrogens with zero attached hydrogens (tertiary/aromatic N) is 1. The van der Waals surface area contributed by atoms with Crippen LogP contribution in [-0.2, 0) is 17.8 Å². The van der Waals surface area contributed by atoms with Gasteiger partial charge in [-0.3, -0.25) is 4.79 Å². The minimum absolute atomic E-state index is 0.118. The lowest BCUT2D eigenvalue weighted by molar-refractivity contribution is -0.125. The molecule has 0 saturated carbocycles. The molecular formula is C17H22N2OS. The molecule has 112 valence electrons. The fraction of sp³-hybridized carbons (Fsp3) is 0.412. The van der Waals surface area contributed by atoms with Crippen LogP contribution in [0.5, 0.6) is 0 Å². The summed E-state index contributed by atoms with van der Waals surface area (Å²) in [5.41, 5.74) is 2.21. The molecule has 4 heteroatoms. The van der Waals surface area contributed by atoms with Crippen LogP contribution in [0.3, 0.4) is 0 Å². The van der Waals surface area contributed by atoms with Gasteiger partial charge in [-0.2, -0.15) is 0 Å². The number of carbonyl (C=O) groups is 1. The van der Waals surface area contributed by atoms with Crippen molar-refractivity contribution < 1.29 is 4.79 Å². The van der Waals surface area contributed by atoms with Crippen LogP contribution in [0.2, 0.25) is 0 Å². The third-order valence-corrected chi connectivity index (χ3v) is 4.50. The van der Waals surface area contributed by atoms with Crippen LogP contribution >= 0.6 is 11.3 Å². The van der Waals surface area contributed by atoms with Crippen molar-refractivity contribution >= 4 is 17.2 Å². The zero-order chi connectivity index (χ0) is 15.1. The summed E-state index contributed by atoms with van der Waals surface area (Å²) >= 11 is 1.65. The summed E-state index contributed by atoms with van der Waals surface area (Å²) in [7, 11) is 0. The topological polar surface area (TPSA) is 42.0 Å². The molecule has 2 aromatic rings. The second-order valence-electron chi connectivity index (χ2n) is 5.13. The fourth-order valence-corrected chi connectivity index (χ4v) is 3.09. The van der Waals surface area contributed by atoms with E-state index in [0.717, 1.165) is 30.0 Å². The third kappa shape index (κ3) is 4.67. The number of benzene rings is 1. The first kappa shape index (κ1) is 15.7. The molecule has 3 nitrogen and oxygen atoms in total. The largest absolute Gasteiger partial charge is 0.350 e. The average molecular weight is 302 g/mol. The summed E-state index contributed by atoms with van der Waals surface area (Å²) < 4.78 is 0. The number of nitrogens with one attached hydrogen (secondary N) is 1. The number of hydrogen-bond donors (Lipinski definition) is 1. The van der Waals surface area contributed by atoms with Crippen molar-refractivity contribution in [3.05, 3.63) is 52.0 Å². The van der Waals surface area contributed by atoms with Crippen molar-refractivity contribution in [1.29, 1.82) is 0 Å². The van der Waals surface area contributed by atoms with Gasteiger partial charge in [-0.15, -0.1) is 11.3 Å². The van der Waals surface area contributed by atoms with Gasteiger partial charge in [0.2, 0.25) is 5.91 Å². The number of rotatable bonds is 7. The van der Waals surface area contributed by atoms with Gasteiger partial charge < -0.3 is 5.32 Å². The van der Waals surface area contributed by atoms with E-state index in [4.69, 9.17) is 0 Å². The number of hydrogen-bond acceptors (Lipinski definition) is 3. The first-order valence-corrected chi connectivity index (χ1v) is 8.35. The standard InChI is InChI=1S/C17H22N2OS/c1-3-14(4-2)17(20)18-11-15-12-21-16(19-15)10-13-8-6-5-7-9-13/h5-9,12,14H,3-4,10-11H2,1-2H3,(H,18,20). The van der Waals surface area contributed by atoms with Gasteiger partial charge in [0, 0.05) is 17.7 Å². The Kier molecular flexibility index (Phi) is 5.93. The van der Waals surface area contributed by atoms with E-state index in [9.17, 15) is 4.79 Å². The Morgan fingerprint density at radius 1 is 1.24 bits per heavy atom.